The number of rotatable bonds is 6. The van der Waals surface area contributed by atoms with Crippen LogP contribution in [0.2, 0.25) is 0 Å². The number of hydrogen-bond donors (Lipinski definition) is 0. The predicted molar refractivity (Wildman–Crippen MR) is 297 cm³/mol. The minimum atomic E-state index is -0.457. The van der Waals surface area contributed by atoms with Gasteiger partial charge in [-0.25, -0.2) is 4.98 Å². The molecule has 3 nitrogen and oxygen atoms in total. The molecule has 3 aliphatic rings. The normalized spacial score (nSPS) is 13.9. The summed E-state index contributed by atoms with van der Waals surface area (Å²) in [6, 6.07) is 85.7. The Morgan fingerprint density at radius 3 is 1.77 bits per heavy atom. The van der Waals surface area contributed by atoms with Crippen LogP contribution in [0.3, 0.4) is 0 Å². The molecule has 0 aliphatic heterocycles. The summed E-state index contributed by atoms with van der Waals surface area (Å²) in [5.74, 6) is 0. The molecule has 0 unspecified atom stereocenters. The lowest BCUT2D eigenvalue weighted by molar-refractivity contribution is 0.793. The van der Waals surface area contributed by atoms with Crippen LogP contribution in [0.5, 0.6) is 0 Å². The molecule has 1 spiro atoms. The van der Waals surface area contributed by atoms with Gasteiger partial charge in [0.1, 0.15) is 0 Å². The molecule has 0 radical (unpaired) electrons. The second-order valence-electron chi connectivity index (χ2n) is 19.3. The molecule has 0 amide bonds. The fourth-order valence-corrected chi connectivity index (χ4v) is 12.5. The molecule has 2 aromatic heterocycles. The third kappa shape index (κ3) is 5.87. The van der Waals surface area contributed by atoms with Crippen LogP contribution in [-0.4, -0.2) is 9.55 Å². The topological polar surface area (TPSA) is 21.1 Å². The fraction of sp³-hybridized carbons (Fsp3) is 0.0441. The van der Waals surface area contributed by atoms with Crippen molar-refractivity contribution < 1.29 is 0 Å². The van der Waals surface area contributed by atoms with Crippen molar-refractivity contribution in [3.8, 4) is 44.6 Å². The number of benzene rings is 10. The monoisotopic (exact) mass is 903 g/mol. The summed E-state index contributed by atoms with van der Waals surface area (Å²) in [6.07, 6.45) is 8.75. The molecule has 12 aromatic rings. The minimum absolute atomic E-state index is 0.457. The Morgan fingerprint density at radius 1 is 0.408 bits per heavy atom. The van der Waals surface area contributed by atoms with Crippen LogP contribution in [0.4, 0.5) is 17.1 Å². The van der Waals surface area contributed by atoms with E-state index in [0.717, 1.165) is 63.2 Å². The first kappa shape index (κ1) is 39.9. The van der Waals surface area contributed by atoms with Crippen molar-refractivity contribution in [1.29, 1.82) is 0 Å². The van der Waals surface area contributed by atoms with Crippen molar-refractivity contribution in [3.63, 3.8) is 0 Å². The number of fused-ring (bicyclic) bond motifs is 15. The zero-order valence-corrected chi connectivity index (χ0v) is 38.9. The Morgan fingerprint density at radius 2 is 1.03 bits per heavy atom. The lowest BCUT2D eigenvalue weighted by Crippen LogP contribution is -2.26. The standard InChI is InChI=1S/C68H45N3/c1-3-18-45(19-4-1)58-40-47-21-9-16-30-64(47)69-67(58)48-32-36-57-59-42-51(35-38-65(59)71(66(57)41-48)49-22-5-2-6-23-49)70(50-33-31-44-17-7-8-20-46(44)39-50)52-34-37-56-55-26-12-15-29-62(55)68(63(56)43-52)60-27-13-10-24-53(60)54-25-11-14-28-61(54)68/h1-5,7-22,24-43H,6,23H2. The van der Waals surface area contributed by atoms with E-state index in [1.54, 1.807) is 0 Å². The molecule has 0 saturated carbocycles. The molecule has 10 aromatic carbocycles. The quantitative estimate of drug-likeness (QED) is 0.166. The van der Waals surface area contributed by atoms with Gasteiger partial charge in [-0.3, -0.25) is 0 Å². The van der Waals surface area contributed by atoms with Gasteiger partial charge in [0, 0.05) is 50.0 Å². The predicted octanol–water partition coefficient (Wildman–Crippen LogP) is 17.8. The lowest BCUT2D eigenvalue weighted by Gasteiger charge is -2.32. The minimum Gasteiger partial charge on any atom is -0.313 e. The van der Waals surface area contributed by atoms with Crippen LogP contribution in [0, 0.1) is 0 Å². The molecule has 0 atom stereocenters. The molecule has 0 fully saturated rings. The highest BCUT2D eigenvalue weighted by Gasteiger charge is 2.51. The summed E-state index contributed by atoms with van der Waals surface area (Å²) in [4.78, 5) is 7.89. The SMILES string of the molecule is C1=CCCC(n2c3ccc(N(c4ccc5c(c4)C4(c6ccccc6-c6ccccc64)c4ccccc4-5)c4ccc5ccccc5c4)cc3c3ccc(-c4nc5ccccc5cc4-c4ccccc4)cc32)=C1. The van der Waals surface area contributed by atoms with Gasteiger partial charge in [-0.1, -0.05) is 182 Å². The van der Waals surface area contributed by atoms with Crippen molar-refractivity contribution in [2.45, 2.75) is 18.3 Å². The summed E-state index contributed by atoms with van der Waals surface area (Å²) >= 11 is 0. The molecule has 15 rings (SSSR count). The number of pyridine rings is 1. The Balaban J connectivity index is 0.967. The Hall–Kier alpha value is -9.05. The molecule has 332 valence electrons. The highest BCUT2D eigenvalue weighted by atomic mass is 15.1. The Bertz CT molecular complexity index is 4180. The summed E-state index contributed by atoms with van der Waals surface area (Å²) in [6.45, 7) is 0. The van der Waals surface area contributed by atoms with Gasteiger partial charge in [0.25, 0.3) is 0 Å². The van der Waals surface area contributed by atoms with Crippen LogP contribution in [0.15, 0.2) is 249 Å². The second-order valence-corrected chi connectivity index (χ2v) is 19.3. The third-order valence-corrected chi connectivity index (χ3v) is 15.6. The molecule has 3 heteroatoms. The number of hydrogen-bond acceptors (Lipinski definition) is 2. The number of anilines is 3. The lowest BCUT2D eigenvalue weighted by atomic mass is 9.70. The average Bonchev–Trinajstić information content (AvgIpc) is 4.04. The summed E-state index contributed by atoms with van der Waals surface area (Å²) in [7, 11) is 0. The van der Waals surface area contributed by atoms with Gasteiger partial charge in [-0.05, 0) is 140 Å². The Kier molecular flexibility index (Phi) is 8.70. The van der Waals surface area contributed by atoms with Gasteiger partial charge in [0.15, 0.2) is 0 Å². The molecule has 0 bridgehead atoms. The van der Waals surface area contributed by atoms with Gasteiger partial charge in [0.2, 0.25) is 0 Å². The van der Waals surface area contributed by atoms with E-state index >= 15 is 0 Å². The molecule has 2 heterocycles. The van der Waals surface area contributed by atoms with E-state index in [-0.39, 0.29) is 0 Å². The van der Waals surface area contributed by atoms with E-state index in [2.05, 4.69) is 258 Å². The van der Waals surface area contributed by atoms with E-state index in [1.807, 2.05) is 0 Å². The van der Waals surface area contributed by atoms with E-state index in [4.69, 9.17) is 4.98 Å². The smallest absolute Gasteiger partial charge is 0.0788 e. The molecule has 3 aliphatic carbocycles. The van der Waals surface area contributed by atoms with Gasteiger partial charge >= 0.3 is 0 Å². The van der Waals surface area contributed by atoms with Crippen molar-refractivity contribution in [3.05, 3.63) is 271 Å². The molecule has 71 heavy (non-hydrogen) atoms. The highest BCUT2D eigenvalue weighted by molar-refractivity contribution is 6.13. The first-order valence-electron chi connectivity index (χ1n) is 24.8. The number of para-hydroxylation sites is 1. The highest BCUT2D eigenvalue weighted by Crippen LogP contribution is 2.63. The summed E-state index contributed by atoms with van der Waals surface area (Å²) in [5, 5.41) is 5.99. The average molecular weight is 904 g/mol. The van der Waals surface area contributed by atoms with E-state index < -0.39 is 5.41 Å². The van der Waals surface area contributed by atoms with Crippen molar-refractivity contribution >= 4 is 66.2 Å². The first-order valence-corrected chi connectivity index (χ1v) is 24.8. The number of aromatic nitrogens is 2. The molecular formula is C68H45N3. The van der Waals surface area contributed by atoms with E-state index in [1.165, 1.54) is 82.8 Å². The van der Waals surface area contributed by atoms with E-state index in [9.17, 15) is 0 Å². The number of nitrogens with zero attached hydrogens (tertiary/aromatic N) is 3. The van der Waals surface area contributed by atoms with Crippen LogP contribution in [0.1, 0.15) is 35.1 Å². The zero-order valence-electron chi connectivity index (χ0n) is 38.9. The Labute approximate surface area is 412 Å². The first-order chi connectivity index (χ1) is 35.2. The molecular weight excluding hydrogens is 859 g/mol. The maximum absolute atomic E-state index is 5.40. The van der Waals surface area contributed by atoms with Crippen molar-refractivity contribution in [2.75, 3.05) is 4.90 Å². The fourth-order valence-electron chi connectivity index (χ4n) is 12.5. The largest absolute Gasteiger partial charge is 0.313 e. The summed E-state index contributed by atoms with van der Waals surface area (Å²) in [5.41, 5.74) is 22.5. The van der Waals surface area contributed by atoms with Gasteiger partial charge < -0.3 is 9.47 Å². The van der Waals surface area contributed by atoms with Gasteiger partial charge in [-0.15, -0.1) is 0 Å². The van der Waals surface area contributed by atoms with Crippen molar-refractivity contribution in [2.24, 2.45) is 0 Å². The van der Waals surface area contributed by atoms with Crippen LogP contribution in [0.25, 0.3) is 93.8 Å². The summed E-state index contributed by atoms with van der Waals surface area (Å²) < 4.78 is 2.51. The zero-order chi connectivity index (χ0) is 46.6. The van der Waals surface area contributed by atoms with Crippen molar-refractivity contribution in [1.82, 2.24) is 9.55 Å². The van der Waals surface area contributed by atoms with E-state index in [0.29, 0.717) is 0 Å². The molecule has 0 saturated heterocycles. The second kappa shape index (κ2) is 15.5. The maximum atomic E-state index is 5.40. The third-order valence-electron chi connectivity index (χ3n) is 15.6. The number of allylic oxidation sites excluding steroid dienone is 4. The van der Waals surface area contributed by atoms with Gasteiger partial charge in [-0.2, -0.15) is 0 Å². The van der Waals surface area contributed by atoms with Crippen LogP contribution in [-0.2, 0) is 5.41 Å². The maximum Gasteiger partial charge on any atom is 0.0788 e. The van der Waals surface area contributed by atoms with Gasteiger partial charge in [0.05, 0.1) is 27.7 Å². The van der Waals surface area contributed by atoms with Crippen LogP contribution < -0.4 is 4.90 Å². The molecule has 0 N–H and O–H groups in total. The van der Waals surface area contributed by atoms with Crippen LogP contribution >= 0.6 is 0 Å².